The number of hydrogen-bond acceptors (Lipinski definition) is 4. The number of aromatic nitrogens is 1. The smallest absolute Gasteiger partial charge is 0.246 e. The van der Waals surface area contributed by atoms with E-state index in [0.717, 1.165) is 43.3 Å². The first kappa shape index (κ1) is 14.4. The number of nitrogen functional groups attached to an aromatic ring is 1. The van der Waals surface area contributed by atoms with Crippen LogP contribution >= 0.6 is 0 Å². The fraction of sp³-hybridized carbons (Fsp3) is 0.467. The van der Waals surface area contributed by atoms with Gasteiger partial charge in [-0.25, -0.2) is 4.98 Å². The Morgan fingerprint density at radius 2 is 1.90 bits per heavy atom. The van der Waals surface area contributed by atoms with Crippen molar-refractivity contribution < 1.29 is 4.79 Å². The number of hydrogen-bond donors (Lipinski definition) is 1. The molecule has 1 fully saturated rings. The lowest BCUT2D eigenvalue weighted by Crippen LogP contribution is -2.48. The first-order valence-corrected chi connectivity index (χ1v) is 6.89. The number of nitrogens with zero attached hydrogens (tertiary/aromatic N) is 3. The molecular formula is C15H22N4O. The van der Waals surface area contributed by atoms with Crippen LogP contribution in [-0.2, 0) is 4.79 Å². The molecule has 1 aromatic heterocycles. The van der Waals surface area contributed by atoms with Gasteiger partial charge < -0.3 is 15.5 Å². The number of allylic oxidation sites excluding steroid dienone is 1. The van der Waals surface area contributed by atoms with Crippen LogP contribution in [0.25, 0.3) is 0 Å². The molecular weight excluding hydrogens is 252 g/mol. The highest BCUT2D eigenvalue weighted by atomic mass is 16.2. The van der Waals surface area contributed by atoms with Gasteiger partial charge in [-0.2, -0.15) is 0 Å². The van der Waals surface area contributed by atoms with E-state index in [2.05, 4.69) is 9.88 Å². The van der Waals surface area contributed by atoms with Gasteiger partial charge in [0, 0.05) is 32.3 Å². The van der Waals surface area contributed by atoms with Crippen LogP contribution in [0.2, 0.25) is 0 Å². The van der Waals surface area contributed by atoms with Gasteiger partial charge in [-0.05, 0) is 32.9 Å². The molecule has 5 heteroatoms. The highest BCUT2D eigenvalue weighted by Gasteiger charge is 2.20. The molecule has 5 nitrogen and oxygen atoms in total. The molecule has 2 rings (SSSR count). The number of nitrogens with two attached hydrogens (primary N) is 1. The van der Waals surface area contributed by atoms with Crippen LogP contribution in [0.5, 0.6) is 0 Å². The minimum atomic E-state index is 0.103. The Kier molecular flexibility index (Phi) is 4.27. The highest BCUT2D eigenvalue weighted by Crippen LogP contribution is 2.17. The van der Waals surface area contributed by atoms with Gasteiger partial charge in [-0.1, -0.05) is 5.57 Å². The van der Waals surface area contributed by atoms with Crippen LogP contribution in [0.3, 0.4) is 0 Å². The summed E-state index contributed by atoms with van der Waals surface area (Å²) in [6.45, 7) is 8.86. The number of amides is 1. The summed E-state index contributed by atoms with van der Waals surface area (Å²) in [5.41, 5.74) is 8.39. The molecule has 2 N–H and O–H groups in total. The van der Waals surface area contributed by atoms with Gasteiger partial charge in [0.25, 0.3) is 0 Å². The minimum Gasteiger partial charge on any atom is -0.397 e. The summed E-state index contributed by atoms with van der Waals surface area (Å²) >= 11 is 0. The van der Waals surface area contributed by atoms with Crippen molar-refractivity contribution in [1.29, 1.82) is 0 Å². The lowest BCUT2D eigenvalue weighted by molar-refractivity contribution is -0.126. The van der Waals surface area contributed by atoms with Gasteiger partial charge in [-0.15, -0.1) is 0 Å². The molecule has 1 aromatic rings. The quantitative estimate of drug-likeness (QED) is 0.832. The summed E-state index contributed by atoms with van der Waals surface area (Å²) in [6.07, 6.45) is 1.70. The van der Waals surface area contributed by atoms with Crippen LogP contribution < -0.4 is 10.6 Å². The van der Waals surface area contributed by atoms with Gasteiger partial charge in [0.1, 0.15) is 5.82 Å². The second kappa shape index (κ2) is 5.94. The fourth-order valence-corrected chi connectivity index (χ4v) is 2.23. The lowest BCUT2D eigenvalue weighted by Gasteiger charge is -2.35. The van der Waals surface area contributed by atoms with Gasteiger partial charge in [0.05, 0.1) is 11.4 Å². The SMILES string of the molecule is CC(C)=CC(=O)N1CCN(c2ccc(N)c(C)n2)CC1. The molecule has 0 aliphatic carbocycles. The topological polar surface area (TPSA) is 62.5 Å². The van der Waals surface area contributed by atoms with E-state index in [1.807, 2.05) is 37.8 Å². The monoisotopic (exact) mass is 274 g/mol. The Morgan fingerprint density at radius 3 is 2.45 bits per heavy atom. The molecule has 1 aliphatic heterocycles. The summed E-state index contributed by atoms with van der Waals surface area (Å²) in [7, 11) is 0. The van der Waals surface area contributed by atoms with Gasteiger partial charge >= 0.3 is 0 Å². The van der Waals surface area contributed by atoms with E-state index < -0.39 is 0 Å². The molecule has 1 amide bonds. The summed E-state index contributed by atoms with van der Waals surface area (Å²) < 4.78 is 0. The van der Waals surface area contributed by atoms with Crippen molar-refractivity contribution in [3.05, 3.63) is 29.5 Å². The van der Waals surface area contributed by atoms with E-state index >= 15 is 0 Å². The number of anilines is 2. The van der Waals surface area contributed by atoms with Crippen molar-refractivity contribution in [3.8, 4) is 0 Å². The van der Waals surface area contributed by atoms with Crippen LogP contribution in [0.1, 0.15) is 19.5 Å². The third kappa shape index (κ3) is 3.29. The highest BCUT2D eigenvalue weighted by molar-refractivity contribution is 5.88. The molecule has 20 heavy (non-hydrogen) atoms. The molecule has 108 valence electrons. The maximum atomic E-state index is 11.9. The van der Waals surface area contributed by atoms with E-state index in [0.29, 0.717) is 5.69 Å². The Labute approximate surface area is 120 Å². The number of aryl methyl sites for hydroxylation is 1. The van der Waals surface area contributed by atoms with Crippen molar-refractivity contribution in [1.82, 2.24) is 9.88 Å². The molecule has 1 saturated heterocycles. The molecule has 0 saturated carbocycles. The van der Waals surface area contributed by atoms with Crippen molar-refractivity contribution >= 4 is 17.4 Å². The maximum Gasteiger partial charge on any atom is 0.246 e. The maximum absolute atomic E-state index is 11.9. The first-order valence-electron chi connectivity index (χ1n) is 6.89. The molecule has 0 aromatic carbocycles. The third-order valence-corrected chi connectivity index (χ3v) is 3.44. The average Bonchev–Trinajstić information content (AvgIpc) is 2.41. The summed E-state index contributed by atoms with van der Waals surface area (Å²) in [6, 6.07) is 3.83. The van der Waals surface area contributed by atoms with Crippen molar-refractivity contribution in [3.63, 3.8) is 0 Å². The normalized spacial score (nSPS) is 15.2. The number of pyridine rings is 1. The zero-order valence-electron chi connectivity index (χ0n) is 12.4. The van der Waals surface area contributed by atoms with E-state index in [-0.39, 0.29) is 5.91 Å². The molecule has 0 radical (unpaired) electrons. The standard InChI is InChI=1S/C15H22N4O/c1-11(2)10-15(20)19-8-6-18(7-9-19)14-5-4-13(16)12(3)17-14/h4-5,10H,6-9,16H2,1-3H3. The Bertz CT molecular complexity index is 527. The average molecular weight is 274 g/mol. The lowest BCUT2D eigenvalue weighted by atomic mass is 10.2. The largest absolute Gasteiger partial charge is 0.397 e. The zero-order valence-corrected chi connectivity index (χ0v) is 12.4. The Balaban J connectivity index is 1.99. The number of piperazine rings is 1. The Hall–Kier alpha value is -2.04. The zero-order chi connectivity index (χ0) is 14.7. The molecule has 0 bridgehead atoms. The number of rotatable bonds is 2. The first-order chi connectivity index (χ1) is 9.47. The van der Waals surface area contributed by atoms with Crippen LogP contribution in [0, 0.1) is 6.92 Å². The van der Waals surface area contributed by atoms with Crippen molar-refractivity contribution in [2.24, 2.45) is 0 Å². The van der Waals surface area contributed by atoms with Crippen molar-refractivity contribution in [2.75, 3.05) is 36.8 Å². The molecule has 0 spiro atoms. The molecule has 0 unspecified atom stereocenters. The van der Waals surface area contributed by atoms with E-state index in [4.69, 9.17) is 5.73 Å². The van der Waals surface area contributed by atoms with Gasteiger partial charge in [0.15, 0.2) is 0 Å². The summed E-state index contributed by atoms with van der Waals surface area (Å²) in [5.74, 6) is 1.04. The fourth-order valence-electron chi connectivity index (χ4n) is 2.23. The molecule has 2 heterocycles. The van der Waals surface area contributed by atoms with Gasteiger partial charge in [-0.3, -0.25) is 4.79 Å². The van der Waals surface area contributed by atoms with Gasteiger partial charge in [0.2, 0.25) is 5.91 Å². The van der Waals surface area contributed by atoms with E-state index in [1.165, 1.54) is 0 Å². The van der Waals surface area contributed by atoms with Crippen LogP contribution in [0.15, 0.2) is 23.8 Å². The number of carbonyl (C=O) groups is 1. The second-order valence-electron chi connectivity index (χ2n) is 5.38. The number of carbonyl (C=O) groups excluding carboxylic acids is 1. The van der Waals surface area contributed by atoms with Crippen molar-refractivity contribution in [2.45, 2.75) is 20.8 Å². The molecule has 0 atom stereocenters. The summed E-state index contributed by atoms with van der Waals surface area (Å²) in [4.78, 5) is 20.5. The Morgan fingerprint density at radius 1 is 1.25 bits per heavy atom. The van der Waals surface area contributed by atoms with E-state index in [1.54, 1.807) is 6.08 Å². The summed E-state index contributed by atoms with van der Waals surface area (Å²) in [5, 5.41) is 0. The third-order valence-electron chi connectivity index (χ3n) is 3.44. The minimum absolute atomic E-state index is 0.103. The van der Waals surface area contributed by atoms with Crippen LogP contribution in [0.4, 0.5) is 11.5 Å². The second-order valence-corrected chi connectivity index (χ2v) is 5.38. The van der Waals surface area contributed by atoms with E-state index in [9.17, 15) is 4.79 Å². The van der Waals surface area contributed by atoms with Crippen LogP contribution in [-0.4, -0.2) is 42.0 Å². The molecule has 1 aliphatic rings. The predicted octanol–water partition coefficient (Wildman–Crippen LogP) is 1.59. The predicted molar refractivity (Wildman–Crippen MR) is 81.6 cm³/mol.